The van der Waals surface area contributed by atoms with Gasteiger partial charge in [0.2, 0.25) is 0 Å². The number of rotatable bonds is 1. The van der Waals surface area contributed by atoms with Crippen LogP contribution in [0, 0.1) is 11.3 Å². The number of aromatic nitrogens is 1. The summed E-state index contributed by atoms with van der Waals surface area (Å²) in [5, 5.41) is 12.6. The van der Waals surface area contributed by atoms with E-state index in [4.69, 9.17) is 4.74 Å². The van der Waals surface area contributed by atoms with Gasteiger partial charge in [-0.3, -0.25) is 0 Å². The van der Waals surface area contributed by atoms with Gasteiger partial charge in [0.15, 0.2) is 0 Å². The van der Waals surface area contributed by atoms with E-state index in [0.717, 1.165) is 44.8 Å². The van der Waals surface area contributed by atoms with Crippen LogP contribution >= 0.6 is 0 Å². The molecule has 1 aromatic rings. The van der Waals surface area contributed by atoms with Crippen LogP contribution in [0.3, 0.4) is 0 Å². The first-order chi connectivity index (χ1) is 9.33. The lowest BCUT2D eigenvalue weighted by Crippen LogP contribution is -2.56. The normalized spacial score (nSPS) is 22.2. The number of anilines is 1. The number of hydrogen-bond donors (Lipinski definition) is 1. The van der Waals surface area contributed by atoms with Gasteiger partial charge in [-0.15, -0.1) is 0 Å². The Hall–Kier alpha value is -1.64. The maximum atomic E-state index is 9.19. The fraction of sp³-hybridized carbons (Fsp3) is 0.571. The highest BCUT2D eigenvalue weighted by atomic mass is 16.5. The Bertz CT molecular complexity index is 485. The second-order valence-electron chi connectivity index (χ2n) is 5.19. The van der Waals surface area contributed by atoms with Crippen molar-refractivity contribution in [1.29, 1.82) is 5.26 Å². The Morgan fingerprint density at radius 3 is 3.05 bits per heavy atom. The number of morpholine rings is 1. The number of pyridine rings is 1. The maximum Gasteiger partial charge on any atom is 0.146 e. The van der Waals surface area contributed by atoms with E-state index in [1.807, 2.05) is 12.1 Å². The third-order valence-corrected chi connectivity index (χ3v) is 3.97. The summed E-state index contributed by atoms with van der Waals surface area (Å²) in [6, 6.07) is 5.86. The molecule has 1 aromatic heterocycles. The van der Waals surface area contributed by atoms with Gasteiger partial charge >= 0.3 is 0 Å². The number of ether oxygens (including phenoxy) is 1. The molecule has 3 rings (SSSR count). The van der Waals surface area contributed by atoms with E-state index < -0.39 is 0 Å². The van der Waals surface area contributed by atoms with Gasteiger partial charge in [0.1, 0.15) is 11.9 Å². The lowest BCUT2D eigenvalue weighted by molar-refractivity contribution is -0.0740. The van der Waals surface area contributed by atoms with Crippen LogP contribution in [0.5, 0.6) is 0 Å². The molecule has 2 aliphatic heterocycles. The first kappa shape index (κ1) is 12.4. The molecule has 0 saturated carbocycles. The van der Waals surface area contributed by atoms with Crippen LogP contribution in [0.15, 0.2) is 18.3 Å². The van der Waals surface area contributed by atoms with E-state index in [0.29, 0.717) is 12.2 Å². The number of hydrogen-bond acceptors (Lipinski definition) is 5. The first-order valence-corrected chi connectivity index (χ1v) is 6.78. The fourth-order valence-electron chi connectivity index (χ4n) is 2.95. The Labute approximate surface area is 113 Å². The minimum absolute atomic E-state index is 0.0618. The molecule has 100 valence electrons. The van der Waals surface area contributed by atoms with Crippen molar-refractivity contribution >= 4 is 5.82 Å². The molecule has 0 atom stereocenters. The molecule has 19 heavy (non-hydrogen) atoms. The van der Waals surface area contributed by atoms with Gasteiger partial charge in [0.05, 0.1) is 17.8 Å². The molecule has 2 aliphatic rings. The molecule has 3 heterocycles. The van der Waals surface area contributed by atoms with Crippen molar-refractivity contribution in [2.75, 3.05) is 37.7 Å². The molecule has 2 fully saturated rings. The Morgan fingerprint density at radius 2 is 2.26 bits per heavy atom. The van der Waals surface area contributed by atoms with E-state index in [1.54, 1.807) is 6.20 Å². The zero-order valence-electron chi connectivity index (χ0n) is 10.9. The van der Waals surface area contributed by atoms with E-state index in [9.17, 15) is 5.26 Å². The molecule has 5 heteroatoms. The van der Waals surface area contributed by atoms with Crippen LogP contribution in [-0.2, 0) is 4.74 Å². The Kier molecular flexibility index (Phi) is 3.36. The van der Waals surface area contributed by atoms with E-state index >= 15 is 0 Å². The summed E-state index contributed by atoms with van der Waals surface area (Å²) in [5.74, 6) is 0.797. The van der Waals surface area contributed by atoms with Gasteiger partial charge in [-0.05, 0) is 38.1 Å². The smallest absolute Gasteiger partial charge is 0.146 e. The summed E-state index contributed by atoms with van der Waals surface area (Å²) in [6.45, 7) is 4.35. The quantitative estimate of drug-likeness (QED) is 0.811. The topological polar surface area (TPSA) is 61.2 Å². The molecular weight excluding hydrogens is 240 g/mol. The van der Waals surface area contributed by atoms with Gasteiger partial charge in [-0.1, -0.05) is 0 Å². The lowest BCUT2D eigenvalue weighted by atomic mass is 9.90. The van der Waals surface area contributed by atoms with Gasteiger partial charge in [0, 0.05) is 19.3 Å². The third-order valence-electron chi connectivity index (χ3n) is 3.97. The fourth-order valence-corrected chi connectivity index (χ4v) is 2.95. The molecule has 0 unspecified atom stereocenters. The molecule has 0 radical (unpaired) electrons. The highest BCUT2D eigenvalue weighted by Gasteiger charge is 2.38. The van der Waals surface area contributed by atoms with Crippen LogP contribution in [-0.4, -0.2) is 43.4 Å². The molecule has 0 aliphatic carbocycles. The summed E-state index contributed by atoms with van der Waals surface area (Å²) in [6.07, 6.45) is 3.80. The summed E-state index contributed by atoms with van der Waals surface area (Å²) >= 11 is 0. The monoisotopic (exact) mass is 258 g/mol. The van der Waals surface area contributed by atoms with Crippen molar-refractivity contribution in [3.05, 3.63) is 23.9 Å². The van der Waals surface area contributed by atoms with Crippen LogP contribution in [0.25, 0.3) is 0 Å². The predicted molar refractivity (Wildman–Crippen MR) is 72.0 cm³/mol. The molecule has 5 nitrogen and oxygen atoms in total. The molecule has 0 aromatic carbocycles. The van der Waals surface area contributed by atoms with Crippen LogP contribution in [0.1, 0.15) is 18.4 Å². The van der Waals surface area contributed by atoms with Crippen molar-refractivity contribution in [2.24, 2.45) is 0 Å². The lowest BCUT2D eigenvalue weighted by Gasteiger charge is -2.45. The maximum absolute atomic E-state index is 9.19. The Morgan fingerprint density at radius 1 is 1.42 bits per heavy atom. The van der Waals surface area contributed by atoms with Crippen LogP contribution in [0.2, 0.25) is 0 Å². The SMILES string of the molecule is N#Cc1cccnc1N1CCOC2(CCNCC2)C1. The van der Waals surface area contributed by atoms with Crippen molar-refractivity contribution in [1.82, 2.24) is 10.3 Å². The van der Waals surface area contributed by atoms with Crippen molar-refractivity contribution in [3.8, 4) is 6.07 Å². The van der Waals surface area contributed by atoms with Gasteiger partial charge < -0.3 is 15.0 Å². The van der Waals surface area contributed by atoms with Crippen LogP contribution < -0.4 is 10.2 Å². The predicted octanol–water partition coefficient (Wildman–Crippen LogP) is 0.912. The highest BCUT2D eigenvalue weighted by molar-refractivity contribution is 5.54. The second-order valence-corrected chi connectivity index (χ2v) is 5.19. The molecule has 1 N–H and O–H groups in total. The summed E-state index contributed by atoms with van der Waals surface area (Å²) in [7, 11) is 0. The van der Waals surface area contributed by atoms with Crippen LogP contribution in [0.4, 0.5) is 5.82 Å². The zero-order valence-corrected chi connectivity index (χ0v) is 10.9. The third kappa shape index (κ3) is 2.42. The highest BCUT2D eigenvalue weighted by Crippen LogP contribution is 2.30. The molecular formula is C14H18N4O. The minimum atomic E-state index is -0.0618. The molecule has 2 saturated heterocycles. The van der Waals surface area contributed by atoms with Crippen molar-refractivity contribution < 1.29 is 4.74 Å². The largest absolute Gasteiger partial charge is 0.371 e. The first-order valence-electron chi connectivity index (χ1n) is 6.78. The van der Waals surface area contributed by atoms with Crippen molar-refractivity contribution in [2.45, 2.75) is 18.4 Å². The number of nitrogens with one attached hydrogen (secondary N) is 1. The molecule has 0 bridgehead atoms. The number of nitrogens with zero attached hydrogens (tertiary/aromatic N) is 3. The standard InChI is InChI=1S/C14H18N4O/c15-10-12-2-1-5-17-13(12)18-8-9-19-14(11-18)3-6-16-7-4-14/h1-2,5,16H,3-4,6-9,11H2. The van der Waals surface area contributed by atoms with Gasteiger partial charge in [-0.25, -0.2) is 4.98 Å². The summed E-state index contributed by atoms with van der Waals surface area (Å²) in [4.78, 5) is 6.59. The number of nitriles is 1. The summed E-state index contributed by atoms with van der Waals surface area (Å²) in [5.41, 5.74) is 0.585. The average molecular weight is 258 g/mol. The van der Waals surface area contributed by atoms with Gasteiger partial charge in [0.25, 0.3) is 0 Å². The number of piperidine rings is 1. The summed E-state index contributed by atoms with van der Waals surface area (Å²) < 4.78 is 6.04. The van der Waals surface area contributed by atoms with Crippen molar-refractivity contribution in [3.63, 3.8) is 0 Å². The average Bonchev–Trinajstić information content (AvgIpc) is 2.48. The van der Waals surface area contributed by atoms with E-state index in [2.05, 4.69) is 21.3 Å². The Balaban J connectivity index is 1.83. The molecule has 1 spiro atoms. The zero-order chi connectivity index (χ0) is 13.1. The van der Waals surface area contributed by atoms with E-state index in [1.165, 1.54) is 0 Å². The minimum Gasteiger partial charge on any atom is -0.371 e. The van der Waals surface area contributed by atoms with E-state index in [-0.39, 0.29) is 5.60 Å². The second kappa shape index (κ2) is 5.16. The van der Waals surface area contributed by atoms with Gasteiger partial charge in [-0.2, -0.15) is 5.26 Å². The molecule has 0 amide bonds.